The summed E-state index contributed by atoms with van der Waals surface area (Å²) in [6.07, 6.45) is 2.77. The number of hydrogen-bond acceptors (Lipinski definition) is 2. The predicted molar refractivity (Wildman–Crippen MR) is 76.9 cm³/mol. The highest BCUT2D eigenvalue weighted by atomic mass is 35.5. The molecular formula is C14H17ClN2O. The van der Waals surface area contributed by atoms with E-state index in [0.29, 0.717) is 10.9 Å². The largest absolute Gasteiger partial charge is 0.494 e. The number of aromatic amines is 1. The number of fused-ring (bicyclic) bond motifs is 1. The van der Waals surface area contributed by atoms with Crippen molar-refractivity contribution in [3.05, 3.63) is 28.8 Å². The first kappa shape index (κ1) is 13.0. The standard InChI is InChI=1S/C14H17ClN2O/c1-9(2)5-6-16-8-12-11-4-3-10(15)7-13(11)17-14(12)18/h3-4,7-9,17-18H,5-6H2,1-2H3. The van der Waals surface area contributed by atoms with Gasteiger partial charge in [0.15, 0.2) is 5.88 Å². The van der Waals surface area contributed by atoms with Crippen LogP contribution in [0.4, 0.5) is 0 Å². The van der Waals surface area contributed by atoms with Crippen molar-refractivity contribution in [3.63, 3.8) is 0 Å². The minimum absolute atomic E-state index is 0.139. The average molecular weight is 265 g/mol. The summed E-state index contributed by atoms with van der Waals surface area (Å²) in [6.45, 7) is 5.11. The molecule has 2 N–H and O–H groups in total. The first-order chi connectivity index (χ1) is 8.58. The molecule has 3 nitrogen and oxygen atoms in total. The van der Waals surface area contributed by atoms with Crippen molar-refractivity contribution in [2.24, 2.45) is 10.9 Å². The van der Waals surface area contributed by atoms with E-state index in [0.717, 1.165) is 29.4 Å². The van der Waals surface area contributed by atoms with E-state index in [1.807, 2.05) is 12.1 Å². The summed E-state index contributed by atoms with van der Waals surface area (Å²) in [4.78, 5) is 7.25. The quantitative estimate of drug-likeness (QED) is 0.806. The molecule has 0 bridgehead atoms. The van der Waals surface area contributed by atoms with Crippen molar-refractivity contribution in [3.8, 4) is 5.88 Å². The molecule has 1 heterocycles. The van der Waals surface area contributed by atoms with Crippen LogP contribution < -0.4 is 0 Å². The van der Waals surface area contributed by atoms with Gasteiger partial charge >= 0.3 is 0 Å². The molecule has 0 saturated carbocycles. The first-order valence-corrected chi connectivity index (χ1v) is 6.45. The summed E-state index contributed by atoms with van der Waals surface area (Å²) in [6, 6.07) is 5.49. The molecule has 0 radical (unpaired) electrons. The van der Waals surface area contributed by atoms with Crippen molar-refractivity contribution in [2.75, 3.05) is 6.54 Å². The van der Waals surface area contributed by atoms with Crippen LogP contribution >= 0.6 is 11.6 Å². The summed E-state index contributed by atoms with van der Waals surface area (Å²) in [5, 5.41) is 11.4. The lowest BCUT2D eigenvalue weighted by molar-refractivity contribution is 0.457. The Kier molecular flexibility index (Phi) is 3.92. The zero-order valence-electron chi connectivity index (χ0n) is 10.6. The van der Waals surface area contributed by atoms with Crippen LogP contribution in [-0.2, 0) is 0 Å². The smallest absolute Gasteiger partial charge is 0.198 e. The Morgan fingerprint density at radius 1 is 1.44 bits per heavy atom. The van der Waals surface area contributed by atoms with Crippen LogP contribution in [-0.4, -0.2) is 22.8 Å². The van der Waals surface area contributed by atoms with Gasteiger partial charge in [-0.25, -0.2) is 0 Å². The van der Waals surface area contributed by atoms with Crippen molar-refractivity contribution in [2.45, 2.75) is 20.3 Å². The zero-order valence-corrected chi connectivity index (χ0v) is 11.3. The van der Waals surface area contributed by atoms with Gasteiger partial charge in [0.05, 0.1) is 11.1 Å². The second-order valence-corrected chi connectivity index (χ2v) is 5.23. The number of benzene rings is 1. The predicted octanol–water partition coefficient (Wildman–Crippen LogP) is 3.99. The molecule has 0 atom stereocenters. The van der Waals surface area contributed by atoms with Crippen molar-refractivity contribution in [1.29, 1.82) is 0 Å². The van der Waals surface area contributed by atoms with E-state index in [9.17, 15) is 5.11 Å². The van der Waals surface area contributed by atoms with E-state index in [1.165, 1.54) is 0 Å². The van der Waals surface area contributed by atoms with Crippen molar-refractivity contribution < 1.29 is 5.11 Å². The van der Waals surface area contributed by atoms with Gasteiger partial charge in [-0.3, -0.25) is 4.99 Å². The molecule has 0 amide bonds. The third-order valence-electron chi connectivity index (χ3n) is 2.84. The normalized spacial score (nSPS) is 12.0. The molecule has 2 aromatic rings. The molecule has 1 aromatic heterocycles. The number of rotatable bonds is 4. The van der Waals surface area contributed by atoms with E-state index in [1.54, 1.807) is 12.3 Å². The minimum Gasteiger partial charge on any atom is -0.494 e. The molecular weight excluding hydrogens is 248 g/mol. The van der Waals surface area contributed by atoms with Crippen LogP contribution in [0.1, 0.15) is 25.8 Å². The summed E-state index contributed by atoms with van der Waals surface area (Å²) in [5.74, 6) is 0.776. The molecule has 0 fully saturated rings. The molecule has 0 spiro atoms. The second-order valence-electron chi connectivity index (χ2n) is 4.79. The molecule has 0 aliphatic carbocycles. The maximum Gasteiger partial charge on any atom is 0.198 e. The molecule has 0 unspecified atom stereocenters. The van der Waals surface area contributed by atoms with Gasteiger partial charge in [-0.2, -0.15) is 0 Å². The highest BCUT2D eigenvalue weighted by molar-refractivity contribution is 6.31. The Morgan fingerprint density at radius 2 is 2.22 bits per heavy atom. The SMILES string of the molecule is CC(C)CCN=Cc1c(O)[nH]c2cc(Cl)ccc12. The molecule has 0 saturated heterocycles. The van der Waals surface area contributed by atoms with Crippen LogP contribution in [0.5, 0.6) is 5.88 Å². The van der Waals surface area contributed by atoms with Gasteiger partial charge in [0, 0.05) is 23.2 Å². The van der Waals surface area contributed by atoms with Crippen molar-refractivity contribution in [1.82, 2.24) is 4.98 Å². The molecule has 2 rings (SSSR count). The summed E-state index contributed by atoms with van der Waals surface area (Å²) < 4.78 is 0. The summed E-state index contributed by atoms with van der Waals surface area (Å²) in [5.41, 5.74) is 1.55. The van der Waals surface area contributed by atoms with Gasteiger partial charge in [0.1, 0.15) is 0 Å². The number of aromatic nitrogens is 1. The van der Waals surface area contributed by atoms with Crippen LogP contribution in [0.25, 0.3) is 10.9 Å². The van der Waals surface area contributed by atoms with E-state index in [-0.39, 0.29) is 5.88 Å². The number of halogens is 1. The average Bonchev–Trinajstić information content (AvgIpc) is 2.59. The van der Waals surface area contributed by atoms with E-state index in [2.05, 4.69) is 23.8 Å². The fraction of sp³-hybridized carbons (Fsp3) is 0.357. The Balaban J connectivity index is 2.25. The lowest BCUT2D eigenvalue weighted by atomic mass is 10.1. The topological polar surface area (TPSA) is 48.4 Å². The Hall–Kier alpha value is -1.48. The molecule has 0 aliphatic rings. The molecule has 18 heavy (non-hydrogen) atoms. The summed E-state index contributed by atoms with van der Waals surface area (Å²) in [7, 11) is 0. The highest BCUT2D eigenvalue weighted by Crippen LogP contribution is 2.27. The van der Waals surface area contributed by atoms with E-state index < -0.39 is 0 Å². The van der Waals surface area contributed by atoms with Crippen LogP contribution in [0, 0.1) is 5.92 Å². The number of nitrogens with zero attached hydrogens (tertiary/aromatic N) is 1. The monoisotopic (exact) mass is 264 g/mol. The Labute approximate surface area is 112 Å². The summed E-state index contributed by atoms with van der Waals surface area (Å²) >= 11 is 5.91. The van der Waals surface area contributed by atoms with Crippen LogP contribution in [0.3, 0.4) is 0 Å². The van der Waals surface area contributed by atoms with Gasteiger partial charge in [0.25, 0.3) is 0 Å². The Morgan fingerprint density at radius 3 is 2.94 bits per heavy atom. The third-order valence-corrected chi connectivity index (χ3v) is 3.07. The van der Waals surface area contributed by atoms with Crippen LogP contribution in [0.2, 0.25) is 5.02 Å². The third kappa shape index (κ3) is 2.85. The number of hydrogen-bond donors (Lipinski definition) is 2. The van der Waals surface area contributed by atoms with Gasteiger partial charge in [0.2, 0.25) is 0 Å². The van der Waals surface area contributed by atoms with E-state index >= 15 is 0 Å². The number of aromatic hydroxyl groups is 1. The number of nitrogens with one attached hydrogen (secondary N) is 1. The lowest BCUT2D eigenvalue weighted by Crippen LogP contribution is -1.91. The first-order valence-electron chi connectivity index (χ1n) is 6.08. The maximum absolute atomic E-state index is 9.84. The van der Waals surface area contributed by atoms with Crippen molar-refractivity contribution >= 4 is 28.7 Å². The van der Waals surface area contributed by atoms with Crippen LogP contribution in [0.15, 0.2) is 23.2 Å². The van der Waals surface area contributed by atoms with Gasteiger partial charge in [-0.15, -0.1) is 0 Å². The second kappa shape index (κ2) is 5.44. The molecule has 0 aliphatic heterocycles. The fourth-order valence-corrected chi connectivity index (χ4v) is 1.97. The lowest BCUT2D eigenvalue weighted by Gasteiger charge is -1.99. The van der Waals surface area contributed by atoms with E-state index in [4.69, 9.17) is 11.6 Å². The van der Waals surface area contributed by atoms with Gasteiger partial charge in [-0.1, -0.05) is 31.5 Å². The zero-order chi connectivity index (χ0) is 13.1. The maximum atomic E-state index is 9.84. The minimum atomic E-state index is 0.139. The van der Waals surface area contributed by atoms with Gasteiger partial charge in [-0.05, 0) is 24.5 Å². The van der Waals surface area contributed by atoms with Gasteiger partial charge < -0.3 is 10.1 Å². The fourth-order valence-electron chi connectivity index (χ4n) is 1.80. The highest BCUT2D eigenvalue weighted by Gasteiger charge is 2.08. The molecule has 96 valence electrons. The number of H-pyrrole nitrogens is 1. The molecule has 4 heteroatoms. The Bertz CT molecular complexity index is 572. The molecule has 1 aromatic carbocycles. The number of aliphatic imine (C=N–C) groups is 1.